The van der Waals surface area contributed by atoms with Crippen LogP contribution in [0.5, 0.6) is 5.75 Å². The van der Waals surface area contributed by atoms with Gasteiger partial charge in [0.25, 0.3) is 0 Å². The van der Waals surface area contributed by atoms with Gasteiger partial charge in [-0.05, 0) is 44.0 Å². The molecule has 0 spiro atoms. The van der Waals surface area contributed by atoms with Crippen molar-refractivity contribution in [3.8, 4) is 5.75 Å². The average molecular weight is 247 g/mol. The van der Waals surface area contributed by atoms with E-state index in [0.29, 0.717) is 12.2 Å². The van der Waals surface area contributed by atoms with Gasteiger partial charge in [0.1, 0.15) is 18.5 Å². The van der Waals surface area contributed by atoms with Crippen LogP contribution in [0.15, 0.2) is 18.2 Å². The number of carbonyl (C=O) groups is 1. The van der Waals surface area contributed by atoms with Gasteiger partial charge >= 0.3 is 5.97 Å². The maximum Gasteiger partial charge on any atom is 0.338 e. The smallest absolute Gasteiger partial charge is 0.338 e. The van der Waals surface area contributed by atoms with Gasteiger partial charge in [-0.25, -0.2) is 4.79 Å². The Morgan fingerprint density at radius 3 is 3.22 bits per heavy atom. The van der Waals surface area contributed by atoms with Gasteiger partial charge in [0.2, 0.25) is 0 Å². The highest BCUT2D eigenvalue weighted by atomic mass is 16.5. The molecule has 1 fully saturated rings. The van der Waals surface area contributed by atoms with Crippen LogP contribution in [-0.2, 0) is 11.3 Å². The molecule has 96 valence electrons. The predicted octanol–water partition coefficient (Wildman–Crippen LogP) is 1.88. The highest BCUT2D eigenvalue weighted by Gasteiger charge is 2.22. The molecule has 0 unspecified atom stereocenters. The van der Waals surface area contributed by atoms with Crippen molar-refractivity contribution in [2.75, 3.05) is 13.1 Å². The maximum absolute atomic E-state index is 11.3. The molecule has 0 saturated carbocycles. The number of hydrogen-bond donors (Lipinski definition) is 1. The molecule has 1 saturated heterocycles. The van der Waals surface area contributed by atoms with E-state index in [1.54, 1.807) is 6.07 Å². The number of cyclic esters (lactones) is 1. The Morgan fingerprint density at radius 2 is 2.28 bits per heavy atom. The topological polar surface area (TPSA) is 47.6 Å². The van der Waals surface area contributed by atoms with Crippen LogP contribution < -0.4 is 10.1 Å². The number of fused-ring (bicyclic) bond motifs is 1. The minimum atomic E-state index is -0.229. The number of rotatable bonds is 2. The Labute approximate surface area is 106 Å². The van der Waals surface area contributed by atoms with E-state index in [1.807, 2.05) is 12.1 Å². The number of esters is 1. The molecule has 2 heterocycles. The van der Waals surface area contributed by atoms with Gasteiger partial charge in [-0.15, -0.1) is 0 Å². The van der Waals surface area contributed by atoms with Gasteiger partial charge in [-0.1, -0.05) is 0 Å². The van der Waals surface area contributed by atoms with E-state index >= 15 is 0 Å². The summed E-state index contributed by atoms with van der Waals surface area (Å²) >= 11 is 0. The van der Waals surface area contributed by atoms with E-state index in [2.05, 4.69) is 5.32 Å². The van der Waals surface area contributed by atoms with Gasteiger partial charge in [0.05, 0.1) is 5.56 Å². The van der Waals surface area contributed by atoms with Crippen LogP contribution >= 0.6 is 0 Å². The van der Waals surface area contributed by atoms with E-state index in [-0.39, 0.29) is 12.1 Å². The molecule has 4 heteroatoms. The van der Waals surface area contributed by atoms with E-state index in [0.717, 1.165) is 30.8 Å². The highest BCUT2D eigenvalue weighted by Crippen LogP contribution is 2.25. The Morgan fingerprint density at radius 1 is 1.33 bits per heavy atom. The van der Waals surface area contributed by atoms with E-state index in [4.69, 9.17) is 9.47 Å². The maximum atomic E-state index is 11.3. The van der Waals surface area contributed by atoms with Crippen molar-refractivity contribution in [3.05, 3.63) is 29.3 Å². The second-order valence-electron chi connectivity index (χ2n) is 4.83. The lowest BCUT2D eigenvalue weighted by molar-refractivity contribution is 0.0535. The van der Waals surface area contributed by atoms with Crippen LogP contribution in [0.1, 0.15) is 35.2 Å². The minimum absolute atomic E-state index is 0.226. The van der Waals surface area contributed by atoms with Crippen molar-refractivity contribution >= 4 is 5.97 Å². The van der Waals surface area contributed by atoms with Gasteiger partial charge in [0, 0.05) is 12.1 Å². The van der Waals surface area contributed by atoms with Gasteiger partial charge in [-0.3, -0.25) is 0 Å². The molecule has 0 bridgehead atoms. The van der Waals surface area contributed by atoms with Crippen LogP contribution in [0.2, 0.25) is 0 Å². The standard InChI is InChI=1S/C14H17NO3/c16-14-13-5-4-11(7-10(13)9-17-14)18-12-3-1-2-6-15-8-12/h4-5,7,12,15H,1-3,6,8-9H2/t12-/m0/s1. The third-order valence-electron chi connectivity index (χ3n) is 3.46. The molecule has 0 aliphatic carbocycles. The zero-order valence-corrected chi connectivity index (χ0v) is 10.3. The number of hydrogen-bond acceptors (Lipinski definition) is 4. The zero-order valence-electron chi connectivity index (χ0n) is 10.3. The second kappa shape index (κ2) is 4.98. The molecule has 0 radical (unpaired) electrons. The third-order valence-corrected chi connectivity index (χ3v) is 3.46. The lowest BCUT2D eigenvalue weighted by atomic mass is 10.1. The summed E-state index contributed by atoms with van der Waals surface area (Å²) < 4.78 is 10.9. The fourth-order valence-corrected chi connectivity index (χ4v) is 2.46. The predicted molar refractivity (Wildman–Crippen MR) is 66.7 cm³/mol. The normalized spacial score (nSPS) is 23.1. The molecule has 1 aromatic carbocycles. The summed E-state index contributed by atoms with van der Waals surface area (Å²) in [5.74, 6) is 0.605. The van der Waals surface area contributed by atoms with Crippen LogP contribution in [0.25, 0.3) is 0 Å². The summed E-state index contributed by atoms with van der Waals surface area (Å²) in [5, 5.41) is 3.37. The first-order chi connectivity index (χ1) is 8.83. The molecule has 2 aliphatic rings. The van der Waals surface area contributed by atoms with Crippen molar-refractivity contribution in [2.24, 2.45) is 0 Å². The number of benzene rings is 1. The number of ether oxygens (including phenoxy) is 2. The van der Waals surface area contributed by atoms with E-state index < -0.39 is 0 Å². The molecule has 4 nitrogen and oxygen atoms in total. The first kappa shape index (κ1) is 11.5. The Kier molecular flexibility index (Phi) is 3.19. The monoisotopic (exact) mass is 247 g/mol. The zero-order chi connectivity index (χ0) is 12.4. The van der Waals surface area contributed by atoms with E-state index in [9.17, 15) is 4.79 Å². The molecule has 3 rings (SSSR count). The highest BCUT2D eigenvalue weighted by molar-refractivity contribution is 5.93. The fraction of sp³-hybridized carbons (Fsp3) is 0.500. The fourth-order valence-electron chi connectivity index (χ4n) is 2.46. The van der Waals surface area contributed by atoms with Crippen molar-refractivity contribution < 1.29 is 14.3 Å². The Hall–Kier alpha value is -1.55. The quantitative estimate of drug-likeness (QED) is 0.811. The van der Waals surface area contributed by atoms with Gasteiger partial charge in [0.15, 0.2) is 0 Å². The number of carbonyl (C=O) groups excluding carboxylic acids is 1. The Bertz CT molecular complexity index is 450. The summed E-state index contributed by atoms with van der Waals surface area (Å²) in [5.41, 5.74) is 1.60. The SMILES string of the molecule is O=C1OCc2cc(O[C@H]3CCCCNC3)ccc21. The van der Waals surface area contributed by atoms with Crippen LogP contribution in [0, 0.1) is 0 Å². The van der Waals surface area contributed by atoms with Crippen molar-refractivity contribution in [2.45, 2.75) is 32.0 Å². The van der Waals surface area contributed by atoms with Gasteiger partial charge in [-0.2, -0.15) is 0 Å². The second-order valence-corrected chi connectivity index (χ2v) is 4.83. The summed E-state index contributed by atoms with van der Waals surface area (Å²) in [6.45, 7) is 2.34. The summed E-state index contributed by atoms with van der Waals surface area (Å²) in [6, 6.07) is 5.57. The molecule has 1 atom stereocenters. The lowest BCUT2D eigenvalue weighted by Gasteiger charge is -2.17. The first-order valence-corrected chi connectivity index (χ1v) is 6.50. The van der Waals surface area contributed by atoms with Crippen LogP contribution in [0.3, 0.4) is 0 Å². The van der Waals surface area contributed by atoms with E-state index in [1.165, 1.54) is 12.8 Å². The van der Waals surface area contributed by atoms with Crippen molar-refractivity contribution in [1.82, 2.24) is 5.32 Å². The molecular formula is C14H17NO3. The summed E-state index contributed by atoms with van der Waals surface area (Å²) in [6.07, 6.45) is 3.72. The van der Waals surface area contributed by atoms with Crippen LogP contribution in [-0.4, -0.2) is 25.2 Å². The third kappa shape index (κ3) is 2.34. The lowest BCUT2D eigenvalue weighted by Crippen LogP contribution is -2.29. The molecule has 2 aliphatic heterocycles. The molecule has 1 aromatic rings. The molecular weight excluding hydrogens is 230 g/mol. The molecule has 1 N–H and O–H groups in total. The average Bonchev–Trinajstić information content (AvgIpc) is 2.60. The first-order valence-electron chi connectivity index (χ1n) is 6.50. The molecule has 0 aromatic heterocycles. The largest absolute Gasteiger partial charge is 0.489 e. The number of nitrogens with one attached hydrogen (secondary N) is 1. The Balaban J connectivity index is 1.71. The minimum Gasteiger partial charge on any atom is -0.489 e. The summed E-state index contributed by atoms with van der Waals surface area (Å²) in [7, 11) is 0. The summed E-state index contributed by atoms with van der Waals surface area (Å²) in [4.78, 5) is 11.3. The molecule has 0 amide bonds. The molecule has 18 heavy (non-hydrogen) atoms. The van der Waals surface area contributed by atoms with Gasteiger partial charge < -0.3 is 14.8 Å². The van der Waals surface area contributed by atoms with Crippen molar-refractivity contribution in [3.63, 3.8) is 0 Å². The van der Waals surface area contributed by atoms with Crippen LogP contribution in [0.4, 0.5) is 0 Å². The van der Waals surface area contributed by atoms with Crippen molar-refractivity contribution in [1.29, 1.82) is 0 Å².